The summed E-state index contributed by atoms with van der Waals surface area (Å²) in [5, 5.41) is 17.5. The Morgan fingerprint density at radius 1 is 1.07 bits per heavy atom. The second-order valence-corrected chi connectivity index (χ2v) is 9.60. The normalized spacial score (nSPS) is 11.2. The molecule has 204 valence electrons. The highest BCUT2D eigenvalue weighted by atomic mass is 16.5. The zero-order valence-corrected chi connectivity index (χ0v) is 22.8. The van der Waals surface area contributed by atoms with Gasteiger partial charge in [0.1, 0.15) is 29.7 Å². The van der Waals surface area contributed by atoms with Crippen molar-refractivity contribution in [2.45, 2.75) is 26.5 Å². The van der Waals surface area contributed by atoms with E-state index in [9.17, 15) is 10.1 Å². The van der Waals surface area contributed by atoms with Gasteiger partial charge in [0, 0.05) is 42.8 Å². The van der Waals surface area contributed by atoms with Gasteiger partial charge in [-0.1, -0.05) is 60.2 Å². The van der Waals surface area contributed by atoms with Gasteiger partial charge in [0.15, 0.2) is 0 Å². The van der Waals surface area contributed by atoms with E-state index >= 15 is 0 Å². The molecule has 0 saturated carbocycles. The molecule has 0 unspecified atom stereocenters. The molecule has 0 bridgehead atoms. The van der Waals surface area contributed by atoms with Crippen LogP contribution in [0.2, 0.25) is 0 Å². The van der Waals surface area contributed by atoms with Gasteiger partial charge in [-0.2, -0.15) is 10.4 Å². The highest BCUT2D eigenvalue weighted by molar-refractivity contribution is 6.02. The summed E-state index contributed by atoms with van der Waals surface area (Å²) in [7, 11) is 0. The molecule has 2 aromatic heterocycles. The predicted octanol–water partition coefficient (Wildman–Crippen LogP) is 5.74. The lowest BCUT2D eigenvalue weighted by molar-refractivity contribution is -0.117. The van der Waals surface area contributed by atoms with Gasteiger partial charge in [-0.3, -0.25) is 4.79 Å². The summed E-state index contributed by atoms with van der Waals surface area (Å²) in [4.78, 5) is 16.9. The van der Waals surface area contributed by atoms with Crippen molar-refractivity contribution in [1.29, 1.82) is 5.26 Å². The summed E-state index contributed by atoms with van der Waals surface area (Å²) >= 11 is 0. The average molecular weight is 543 g/mol. The summed E-state index contributed by atoms with van der Waals surface area (Å²) in [6.45, 7) is 3.66. The molecule has 0 saturated heterocycles. The van der Waals surface area contributed by atoms with Crippen LogP contribution in [-0.2, 0) is 17.9 Å². The van der Waals surface area contributed by atoms with Crippen LogP contribution in [0.15, 0.2) is 109 Å². The molecular weight excluding hydrogens is 512 g/mol. The number of rotatable bonds is 11. The number of hydrogen-bond donors (Lipinski definition) is 1. The zero-order valence-electron chi connectivity index (χ0n) is 22.8. The molecular formula is C33H30N6O2. The number of imidazole rings is 1. The number of aryl methyl sites for hydroxylation is 2. The van der Waals surface area contributed by atoms with Gasteiger partial charge in [-0.05, 0) is 49.2 Å². The molecule has 5 aromatic rings. The zero-order chi connectivity index (χ0) is 28.4. The third-order valence-corrected chi connectivity index (χ3v) is 6.50. The molecule has 8 heteroatoms. The monoisotopic (exact) mass is 542 g/mol. The fraction of sp³-hybridized carbons (Fsp3) is 0.152. The number of para-hydroxylation sites is 1. The van der Waals surface area contributed by atoms with Gasteiger partial charge in [-0.25, -0.2) is 9.67 Å². The highest BCUT2D eigenvalue weighted by Crippen LogP contribution is 2.29. The number of nitriles is 1. The Labute approximate surface area is 239 Å². The molecule has 0 radical (unpaired) electrons. The number of benzene rings is 3. The van der Waals surface area contributed by atoms with E-state index in [0.717, 1.165) is 23.4 Å². The van der Waals surface area contributed by atoms with Gasteiger partial charge in [0.2, 0.25) is 0 Å². The summed E-state index contributed by atoms with van der Waals surface area (Å²) in [5.74, 6) is 0.273. The largest absolute Gasteiger partial charge is 0.489 e. The van der Waals surface area contributed by atoms with Crippen LogP contribution in [0.1, 0.15) is 23.1 Å². The van der Waals surface area contributed by atoms with Gasteiger partial charge in [0.05, 0.1) is 12.0 Å². The Morgan fingerprint density at radius 3 is 2.66 bits per heavy atom. The van der Waals surface area contributed by atoms with Gasteiger partial charge < -0.3 is 14.6 Å². The highest BCUT2D eigenvalue weighted by Gasteiger charge is 2.16. The molecule has 2 heterocycles. The third kappa shape index (κ3) is 7.16. The lowest BCUT2D eigenvalue weighted by atomic mass is 10.1. The van der Waals surface area contributed by atoms with Crippen molar-refractivity contribution in [2.75, 3.05) is 6.54 Å². The molecule has 5 rings (SSSR count). The van der Waals surface area contributed by atoms with Crippen LogP contribution >= 0.6 is 0 Å². The van der Waals surface area contributed by atoms with E-state index in [2.05, 4.69) is 47.6 Å². The van der Waals surface area contributed by atoms with Crippen LogP contribution in [0.5, 0.6) is 5.75 Å². The average Bonchev–Trinajstić information content (AvgIpc) is 3.69. The van der Waals surface area contributed by atoms with Crippen LogP contribution in [0.25, 0.3) is 23.0 Å². The molecule has 41 heavy (non-hydrogen) atoms. The molecule has 0 spiro atoms. The maximum absolute atomic E-state index is 12.9. The first kappa shape index (κ1) is 27.2. The molecule has 1 amide bonds. The Balaban J connectivity index is 1.38. The first-order valence-electron chi connectivity index (χ1n) is 13.4. The lowest BCUT2D eigenvalue weighted by Crippen LogP contribution is -2.26. The van der Waals surface area contributed by atoms with Gasteiger partial charge in [0.25, 0.3) is 5.91 Å². The summed E-state index contributed by atoms with van der Waals surface area (Å²) in [6.07, 6.45) is 9.45. The first-order chi connectivity index (χ1) is 20.1. The molecule has 0 aliphatic rings. The van der Waals surface area contributed by atoms with Gasteiger partial charge >= 0.3 is 0 Å². The Kier molecular flexibility index (Phi) is 8.67. The van der Waals surface area contributed by atoms with E-state index in [-0.39, 0.29) is 5.57 Å². The number of ether oxygens (including phenoxy) is 1. The summed E-state index contributed by atoms with van der Waals surface area (Å²) in [6, 6.07) is 27.7. The summed E-state index contributed by atoms with van der Waals surface area (Å²) in [5.41, 5.74) is 5.24. The standard InChI is InChI=1S/C33H30N6O2/c1-25-11-13-26(14-12-25)23-41-31-10-5-7-27(20-31)32-29(22-39(37-32)30-8-3-2-4-9-30)19-28(21-34)33(40)36-15-6-17-38-18-16-35-24-38/h2-5,7-14,16,18-20,22,24H,6,15,17,23H2,1H3,(H,36,40). The number of hydrogen-bond acceptors (Lipinski definition) is 5. The SMILES string of the molecule is Cc1ccc(COc2cccc(-c3nn(-c4ccccc4)cc3C=C(C#N)C(=O)NCCCn3ccnc3)c2)cc1. The number of nitrogens with zero attached hydrogens (tertiary/aromatic N) is 5. The Bertz CT molecular complexity index is 1660. The topological polar surface area (TPSA) is 97.8 Å². The minimum absolute atomic E-state index is 0.00766. The molecule has 8 nitrogen and oxygen atoms in total. The predicted molar refractivity (Wildman–Crippen MR) is 158 cm³/mol. The summed E-state index contributed by atoms with van der Waals surface area (Å²) < 4.78 is 9.77. The molecule has 0 aliphatic heterocycles. The quantitative estimate of drug-likeness (QED) is 0.130. The number of carbonyl (C=O) groups excluding carboxylic acids is 1. The van der Waals surface area contributed by atoms with E-state index in [4.69, 9.17) is 9.84 Å². The molecule has 3 aromatic carbocycles. The van der Waals surface area contributed by atoms with E-state index < -0.39 is 5.91 Å². The minimum Gasteiger partial charge on any atom is -0.489 e. The second-order valence-electron chi connectivity index (χ2n) is 9.60. The minimum atomic E-state index is -0.424. The molecule has 1 N–H and O–H groups in total. The van der Waals surface area contributed by atoms with E-state index in [0.29, 0.717) is 36.6 Å². The fourth-order valence-corrected chi connectivity index (χ4v) is 4.30. The van der Waals surface area contributed by atoms with Gasteiger partial charge in [-0.15, -0.1) is 0 Å². The number of carbonyl (C=O) groups is 1. The van der Waals surface area contributed by atoms with Crippen molar-refractivity contribution < 1.29 is 9.53 Å². The maximum atomic E-state index is 12.9. The van der Waals surface area contributed by atoms with Crippen LogP contribution in [0.3, 0.4) is 0 Å². The van der Waals surface area contributed by atoms with E-state index in [1.165, 1.54) is 5.56 Å². The number of aromatic nitrogens is 4. The van der Waals surface area contributed by atoms with Crippen molar-refractivity contribution in [3.05, 3.63) is 126 Å². The van der Waals surface area contributed by atoms with E-state index in [1.807, 2.05) is 71.6 Å². The van der Waals surface area contributed by atoms with E-state index in [1.54, 1.807) is 23.3 Å². The van der Waals surface area contributed by atoms with Crippen molar-refractivity contribution in [2.24, 2.45) is 0 Å². The fourth-order valence-electron chi connectivity index (χ4n) is 4.30. The first-order valence-corrected chi connectivity index (χ1v) is 13.4. The number of amides is 1. The molecule has 0 fully saturated rings. The lowest BCUT2D eigenvalue weighted by Gasteiger charge is -2.08. The van der Waals surface area contributed by atoms with Crippen LogP contribution < -0.4 is 10.1 Å². The second kappa shape index (κ2) is 13.1. The van der Waals surface area contributed by atoms with Crippen LogP contribution in [-0.4, -0.2) is 31.8 Å². The van der Waals surface area contributed by atoms with Crippen LogP contribution in [0.4, 0.5) is 0 Å². The van der Waals surface area contributed by atoms with Crippen molar-refractivity contribution in [3.8, 4) is 28.8 Å². The smallest absolute Gasteiger partial charge is 0.261 e. The molecule has 0 aliphatic carbocycles. The van der Waals surface area contributed by atoms with Crippen molar-refractivity contribution in [3.63, 3.8) is 0 Å². The number of nitrogens with one attached hydrogen (secondary N) is 1. The van der Waals surface area contributed by atoms with Crippen molar-refractivity contribution in [1.82, 2.24) is 24.6 Å². The maximum Gasteiger partial charge on any atom is 0.261 e. The Hall–Kier alpha value is -5.42. The molecule has 0 atom stereocenters. The van der Waals surface area contributed by atoms with Crippen LogP contribution in [0, 0.1) is 18.3 Å². The Morgan fingerprint density at radius 2 is 1.90 bits per heavy atom. The third-order valence-electron chi connectivity index (χ3n) is 6.50. The van der Waals surface area contributed by atoms with Crippen molar-refractivity contribution >= 4 is 12.0 Å².